The van der Waals surface area contributed by atoms with Gasteiger partial charge >= 0.3 is 0 Å². The van der Waals surface area contributed by atoms with E-state index in [9.17, 15) is 0 Å². The summed E-state index contributed by atoms with van der Waals surface area (Å²) in [5.41, 5.74) is 1.55. The lowest BCUT2D eigenvalue weighted by molar-refractivity contribution is 0.148. The van der Waals surface area contributed by atoms with Gasteiger partial charge in [0.15, 0.2) is 0 Å². The van der Waals surface area contributed by atoms with E-state index in [1.54, 1.807) is 0 Å². The SMILES string of the molecule is C=CCc1ccccc1OCC1(CBr)CCCCCC1. The number of allylic oxidation sites excluding steroid dienone is 1. The van der Waals surface area contributed by atoms with E-state index in [0.717, 1.165) is 24.1 Å². The van der Waals surface area contributed by atoms with Crippen molar-refractivity contribution in [2.45, 2.75) is 44.9 Å². The number of halogens is 1. The molecule has 1 saturated carbocycles. The van der Waals surface area contributed by atoms with Gasteiger partial charge in [0, 0.05) is 10.7 Å². The normalized spacial score (nSPS) is 18.2. The first-order valence-electron chi connectivity index (χ1n) is 7.67. The van der Waals surface area contributed by atoms with Crippen LogP contribution in [0.25, 0.3) is 0 Å². The molecule has 0 heterocycles. The zero-order valence-electron chi connectivity index (χ0n) is 12.2. The average Bonchev–Trinajstić information content (AvgIpc) is 2.73. The Morgan fingerprint density at radius 2 is 1.85 bits per heavy atom. The first kappa shape index (κ1) is 15.6. The molecule has 0 unspecified atom stereocenters. The number of ether oxygens (including phenoxy) is 1. The summed E-state index contributed by atoms with van der Waals surface area (Å²) >= 11 is 3.73. The molecule has 0 radical (unpaired) electrons. The molecule has 1 aliphatic rings. The number of rotatable bonds is 6. The van der Waals surface area contributed by atoms with Gasteiger partial charge < -0.3 is 4.74 Å². The molecular formula is C18H25BrO. The lowest BCUT2D eigenvalue weighted by Gasteiger charge is -2.31. The minimum atomic E-state index is 0.317. The average molecular weight is 337 g/mol. The second-order valence-electron chi connectivity index (χ2n) is 5.94. The van der Waals surface area contributed by atoms with Gasteiger partial charge in [-0.15, -0.1) is 6.58 Å². The van der Waals surface area contributed by atoms with E-state index in [4.69, 9.17) is 4.74 Å². The molecule has 2 rings (SSSR count). The molecule has 20 heavy (non-hydrogen) atoms. The van der Waals surface area contributed by atoms with Crippen molar-refractivity contribution >= 4 is 15.9 Å². The van der Waals surface area contributed by atoms with Gasteiger partial charge in [-0.2, -0.15) is 0 Å². The smallest absolute Gasteiger partial charge is 0.122 e. The van der Waals surface area contributed by atoms with Gasteiger partial charge in [-0.25, -0.2) is 0 Å². The third-order valence-electron chi connectivity index (χ3n) is 4.32. The fourth-order valence-electron chi connectivity index (χ4n) is 2.99. The van der Waals surface area contributed by atoms with Gasteiger partial charge in [-0.05, 0) is 30.9 Å². The maximum absolute atomic E-state index is 6.20. The van der Waals surface area contributed by atoms with Crippen molar-refractivity contribution in [3.05, 3.63) is 42.5 Å². The molecule has 0 atom stereocenters. The Bertz CT molecular complexity index is 419. The topological polar surface area (TPSA) is 9.23 Å². The third kappa shape index (κ3) is 4.12. The molecule has 0 N–H and O–H groups in total. The Hall–Kier alpha value is -0.760. The van der Waals surface area contributed by atoms with E-state index in [1.807, 2.05) is 6.08 Å². The van der Waals surface area contributed by atoms with Gasteiger partial charge in [0.2, 0.25) is 0 Å². The summed E-state index contributed by atoms with van der Waals surface area (Å²) in [6.07, 6.45) is 10.8. The summed E-state index contributed by atoms with van der Waals surface area (Å²) in [4.78, 5) is 0. The molecule has 0 amide bonds. The van der Waals surface area contributed by atoms with Crippen LogP contribution >= 0.6 is 15.9 Å². The lowest BCUT2D eigenvalue weighted by atomic mass is 9.83. The molecule has 0 saturated heterocycles. The Labute approximate surface area is 131 Å². The van der Waals surface area contributed by atoms with Crippen LogP contribution in [0.15, 0.2) is 36.9 Å². The summed E-state index contributed by atoms with van der Waals surface area (Å²) in [5, 5.41) is 1.05. The second-order valence-corrected chi connectivity index (χ2v) is 6.50. The van der Waals surface area contributed by atoms with E-state index in [2.05, 4.69) is 46.8 Å². The third-order valence-corrected chi connectivity index (χ3v) is 5.51. The van der Waals surface area contributed by atoms with Crippen molar-refractivity contribution < 1.29 is 4.74 Å². The Balaban J connectivity index is 2.04. The monoisotopic (exact) mass is 336 g/mol. The molecule has 2 heteroatoms. The first-order chi connectivity index (χ1) is 9.79. The minimum Gasteiger partial charge on any atom is -0.493 e. The van der Waals surface area contributed by atoms with Crippen LogP contribution in [-0.2, 0) is 6.42 Å². The van der Waals surface area contributed by atoms with Crippen LogP contribution in [-0.4, -0.2) is 11.9 Å². The molecule has 0 spiro atoms. The van der Waals surface area contributed by atoms with Gasteiger partial charge in [0.25, 0.3) is 0 Å². The zero-order chi connectivity index (χ0) is 14.3. The molecule has 110 valence electrons. The number of alkyl halides is 1. The summed E-state index contributed by atoms with van der Waals surface area (Å²) in [7, 11) is 0. The van der Waals surface area contributed by atoms with Crippen LogP contribution in [0.5, 0.6) is 5.75 Å². The van der Waals surface area contributed by atoms with Crippen molar-refractivity contribution in [2.24, 2.45) is 5.41 Å². The van der Waals surface area contributed by atoms with Crippen molar-refractivity contribution in [1.82, 2.24) is 0 Å². The number of para-hydroxylation sites is 1. The Morgan fingerprint density at radius 3 is 2.50 bits per heavy atom. The highest BCUT2D eigenvalue weighted by atomic mass is 79.9. The van der Waals surface area contributed by atoms with Crippen LogP contribution < -0.4 is 4.74 Å². The zero-order valence-corrected chi connectivity index (χ0v) is 13.8. The predicted molar refractivity (Wildman–Crippen MR) is 89.8 cm³/mol. The van der Waals surface area contributed by atoms with Crippen molar-refractivity contribution in [1.29, 1.82) is 0 Å². The van der Waals surface area contributed by atoms with Gasteiger partial charge in [0.1, 0.15) is 5.75 Å². The maximum atomic E-state index is 6.20. The van der Waals surface area contributed by atoms with E-state index >= 15 is 0 Å². The summed E-state index contributed by atoms with van der Waals surface area (Å²) in [6.45, 7) is 4.65. The fraction of sp³-hybridized carbons (Fsp3) is 0.556. The molecule has 0 aromatic heterocycles. The number of hydrogen-bond acceptors (Lipinski definition) is 1. The highest BCUT2D eigenvalue weighted by Crippen LogP contribution is 2.37. The summed E-state index contributed by atoms with van der Waals surface area (Å²) < 4.78 is 6.20. The van der Waals surface area contributed by atoms with Crippen LogP contribution in [0, 0.1) is 5.41 Å². The molecule has 1 fully saturated rings. The number of benzene rings is 1. The van der Waals surface area contributed by atoms with Crippen LogP contribution in [0.4, 0.5) is 0 Å². The van der Waals surface area contributed by atoms with Crippen molar-refractivity contribution in [2.75, 3.05) is 11.9 Å². The largest absolute Gasteiger partial charge is 0.493 e. The highest BCUT2D eigenvalue weighted by Gasteiger charge is 2.30. The Kier molecular flexibility index (Phi) is 6.15. The van der Waals surface area contributed by atoms with Gasteiger partial charge in [-0.1, -0.05) is 65.9 Å². The molecule has 0 bridgehead atoms. The summed E-state index contributed by atoms with van der Waals surface area (Å²) in [6, 6.07) is 8.33. The standard InChI is InChI=1S/C18H25BrO/c1-2-9-16-10-5-6-11-17(16)20-15-18(14-19)12-7-3-4-8-13-18/h2,5-6,10-11H,1,3-4,7-9,12-15H2. The van der Waals surface area contributed by atoms with Crippen molar-refractivity contribution in [3.8, 4) is 5.75 Å². The van der Waals surface area contributed by atoms with Crippen LogP contribution in [0.1, 0.15) is 44.1 Å². The predicted octanol–water partition coefficient (Wildman–Crippen LogP) is 5.53. The van der Waals surface area contributed by atoms with Crippen LogP contribution in [0.2, 0.25) is 0 Å². The maximum Gasteiger partial charge on any atom is 0.122 e. The lowest BCUT2D eigenvalue weighted by Crippen LogP contribution is -2.30. The number of hydrogen-bond donors (Lipinski definition) is 0. The highest BCUT2D eigenvalue weighted by molar-refractivity contribution is 9.09. The Morgan fingerprint density at radius 1 is 1.15 bits per heavy atom. The fourth-order valence-corrected chi connectivity index (χ4v) is 3.72. The van der Waals surface area contributed by atoms with Gasteiger partial charge in [0.05, 0.1) is 6.61 Å². The van der Waals surface area contributed by atoms with E-state index < -0.39 is 0 Å². The van der Waals surface area contributed by atoms with Crippen LogP contribution in [0.3, 0.4) is 0 Å². The van der Waals surface area contributed by atoms with E-state index in [1.165, 1.54) is 44.1 Å². The minimum absolute atomic E-state index is 0.317. The molecule has 1 aliphatic carbocycles. The molecule has 1 aromatic rings. The molecule has 1 nitrogen and oxygen atoms in total. The molecule has 1 aromatic carbocycles. The van der Waals surface area contributed by atoms with Gasteiger partial charge in [-0.3, -0.25) is 0 Å². The molecular weight excluding hydrogens is 312 g/mol. The first-order valence-corrected chi connectivity index (χ1v) is 8.79. The van der Waals surface area contributed by atoms with E-state index in [0.29, 0.717) is 5.41 Å². The molecule has 0 aliphatic heterocycles. The second kappa shape index (κ2) is 7.87. The van der Waals surface area contributed by atoms with Crippen molar-refractivity contribution in [3.63, 3.8) is 0 Å². The van der Waals surface area contributed by atoms with E-state index in [-0.39, 0.29) is 0 Å². The summed E-state index contributed by atoms with van der Waals surface area (Å²) in [5.74, 6) is 1.02. The quantitative estimate of drug-likeness (QED) is 0.377.